The predicted molar refractivity (Wildman–Crippen MR) is 93.5 cm³/mol. The van der Waals surface area contributed by atoms with E-state index in [1.54, 1.807) is 0 Å². The van der Waals surface area contributed by atoms with Gasteiger partial charge in [-0.2, -0.15) is 0 Å². The second-order valence-electron chi connectivity index (χ2n) is 7.42. The van der Waals surface area contributed by atoms with Gasteiger partial charge in [-0.25, -0.2) is 0 Å². The normalized spacial score (nSPS) is 31.5. The maximum absolute atomic E-state index is 12.6. The number of piperidine rings is 1. The molecule has 4 nitrogen and oxygen atoms in total. The molecule has 126 valence electrons. The highest BCUT2D eigenvalue weighted by molar-refractivity contribution is 7.09. The van der Waals surface area contributed by atoms with Crippen molar-refractivity contribution in [2.45, 2.75) is 50.7 Å². The van der Waals surface area contributed by atoms with E-state index < -0.39 is 0 Å². The monoisotopic (exact) mass is 333 g/mol. The van der Waals surface area contributed by atoms with Crippen LogP contribution in [0.1, 0.15) is 37.0 Å². The molecule has 1 aromatic heterocycles. The lowest BCUT2D eigenvalue weighted by atomic mass is 9.89. The van der Waals surface area contributed by atoms with E-state index in [0.717, 1.165) is 39.1 Å². The number of hydrogen-bond donors (Lipinski definition) is 1. The summed E-state index contributed by atoms with van der Waals surface area (Å²) in [5, 5.41) is 5.81. The largest absolute Gasteiger partial charge is 0.340 e. The molecule has 0 aromatic carbocycles. The Kier molecular flexibility index (Phi) is 4.69. The van der Waals surface area contributed by atoms with Crippen molar-refractivity contribution >= 4 is 17.2 Å². The van der Waals surface area contributed by atoms with Gasteiger partial charge in [0, 0.05) is 56.1 Å². The van der Waals surface area contributed by atoms with E-state index >= 15 is 0 Å². The van der Waals surface area contributed by atoms with Gasteiger partial charge in [-0.15, -0.1) is 11.3 Å². The van der Waals surface area contributed by atoms with Gasteiger partial charge < -0.3 is 10.2 Å². The molecule has 0 spiro atoms. The van der Waals surface area contributed by atoms with Gasteiger partial charge in [-0.3, -0.25) is 9.69 Å². The molecule has 0 radical (unpaired) electrons. The zero-order valence-electron chi connectivity index (χ0n) is 13.7. The Bertz CT molecular complexity index is 512. The van der Waals surface area contributed by atoms with Crippen LogP contribution in [-0.2, 0) is 11.3 Å². The van der Waals surface area contributed by atoms with Crippen molar-refractivity contribution < 1.29 is 4.79 Å². The van der Waals surface area contributed by atoms with Crippen LogP contribution in [0.4, 0.5) is 0 Å². The third-order valence-corrected chi connectivity index (χ3v) is 6.58. The molecule has 3 aliphatic heterocycles. The Morgan fingerprint density at radius 3 is 2.57 bits per heavy atom. The minimum absolute atomic E-state index is 0.395. The summed E-state index contributed by atoms with van der Waals surface area (Å²) in [4.78, 5) is 18.6. The highest BCUT2D eigenvalue weighted by atomic mass is 32.1. The molecule has 3 saturated heterocycles. The van der Waals surface area contributed by atoms with Crippen LogP contribution < -0.4 is 5.32 Å². The second kappa shape index (κ2) is 6.91. The standard InChI is InChI=1S/C18H27N3OS/c22-18(12-14-10-15-3-4-16(11-14)19-15)21-7-5-20(6-8-21)13-17-2-1-9-23-17/h1-2,9,14-16,19H,3-8,10-13H2. The lowest BCUT2D eigenvalue weighted by Crippen LogP contribution is -2.49. The number of hydrogen-bond acceptors (Lipinski definition) is 4. The van der Waals surface area contributed by atoms with Crippen molar-refractivity contribution in [2.24, 2.45) is 5.92 Å². The zero-order valence-corrected chi connectivity index (χ0v) is 14.6. The van der Waals surface area contributed by atoms with Crippen molar-refractivity contribution in [3.05, 3.63) is 22.4 Å². The van der Waals surface area contributed by atoms with Crippen molar-refractivity contribution in [3.8, 4) is 0 Å². The van der Waals surface area contributed by atoms with Crippen LogP contribution in [0, 0.1) is 5.92 Å². The molecule has 4 rings (SSSR count). The van der Waals surface area contributed by atoms with Crippen LogP contribution in [0.15, 0.2) is 17.5 Å². The molecule has 3 fully saturated rings. The van der Waals surface area contributed by atoms with E-state index in [4.69, 9.17) is 0 Å². The molecular formula is C18H27N3OS. The Balaban J connectivity index is 1.23. The summed E-state index contributed by atoms with van der Waals surface area (Å²) >= 11 is 1.83. The van der Waals surface area contributed by atoms with Gasteiger partial charge in [0.2, 0.25) is 5.91 Å². The Labute approximate surface area is 142 Å². The molecule has 5 heteroatoms. The average molecular weight is 334 g/mol. The van der Waals surface area contributed by atoms with E-state index in [9.17, 15) is 4.79 Å². The molecule has 23 heavy (non-hydrogen) atoms. The smallest absolute Gasteiger partial charge is 0.222 e. The summed E-state index contributed by atoms with van der Waals surface area (Å²) in [5.74, 6) is 1.01. The van der Waals surface area contributed by atoms with Crippen LogP contribution in [-0.4, -0.2) is 54.0 Å². The summed E-state index contributed by atoms with van der Waals surface area (Å²) in [7, 11) is 0. The summed E-state index contributed by atoms with van der Waals surface area (Å²) in [6.07, 6.45) is 5.83. The fourth-order valence-corrected chi connectivity index (χ4v) is 5.24. The van der Waals surface area contributed by atoms with Gasteiger partial charge in [-0.05, 0) is 43.0 Å². The van der Waals surface area contributed by atoms with Crippen LogP contribution >= 0.6 is 11.3 Å². The fraction of sp³-hybridized carbons (Fsp3) is 0.722. The third kappa shape index (κ3) is 3.78. The fourth-order valence-electron chi connectivity index (χ4n) is 4.50. The molecule has 4 heterocycles. The van der Waals surface area contributed by atoms with Crippen molar-refractivity contribution in [2.75, 3.05) is 26.2 Å². The first-order chi connectivity index (χ1) is 11.3. The van der Waals surface area contributed by atoms with Crippen LogP contribution in [0.5, 0.6) is 0 Å². The lowest BCUT2D eigenvalue weighted by Gasteiger charge is -2.36. The second-order valence-corrected chi connectivity index (χ2v) is 8.45. The highest BCUT2D eigenvalue weighted by Gasteiger charge is 2.35. The summed E-state index contributed by atoms with van der Waals surface area (Å²) < 4.78 is 0. The van der Waals surface area contributed by atoms with E-state index in [2.05, 4.69) is 32.6 Å². The molecule has 0 aliphatic carbocycles. The predicted octanol–water partition coefficient (Wildman–Crippen LogP) is 2.31. The van der Waals surface area contributed by atoms with Crippen molar-refractivity contribution in [1.29, 1.82) is 0 Å². The van der Waals surface area contributed by atoms with Gasteiger partial charge in [0.1, 0.15) is 0 Å². The summed E-state index contributed by atoms with van der Waals surface area (Å²) in [6, 6.07) is 5.70. The first-order valence-electron chi connectivity index (χ1n) is 9.05. The number of nitrogens with one attached hydrogen (secondary N) is 1. The maximum atomic E-state index is 12.6. The first-order valence-corrected chi connectivity index (χ1v) is 9.93. The quantitative estimate of drug-likeness (QED) is 0.918. The van der Waals surface area contributed by atoms with Gasteiger partial charge >= 0.3 is 0 Å². The highest BCUT2D eigenvalue weighted by Crippen LogP contribution is 2.33. The Morgan fingerprint density at radius 1 is 1.17 bits per heavy atom. The summed E-state index contributed by atoms with van der Waals surface area (Å²) in [5.41, 5.74) is 0. The molecule has 1 aromatic rings. The molecule has 2 unspecified atom stereocenters. The Morgan fingerprint density at radius 2 is 1.91 bits per heavy atom. The van der Waals surface area contributed by atoms with Gasteiger partial charge in [0.25, 0.3) is 0 Å². The molecular weight excluding hydrogens is 306 g/mol. The van der Waals surface area contributed by atoms with Crippen molar-refractivity contribution in [1.82, 2.24) is 15.1 Å². The number of fused-ring (bicyclic) bond motifs is 2. The average Bonchev–Trinajstić information content (AvgIpc) is 3.18. The molecule has 0 saturated carbocycles. The van der Waals surface area contributed by atoms with Gasteiger partial charge in [-0.1, -0.05) is 6.07 Å². The third-order valence-electron chi connectivity index (χ3n) is 5.72. The van der Waals surface area contributed by atoms with Crippen LogP contribution in [0.3, 0.4) is 0 Å². The van der Waals surface area contributed by atoms with Gasteiger partial charge in [0.05, 0.1) is 0 Å². The first kappa shape index (κ1) is 15.6. The minimum atomic E-state index is 0.395. The SMILES string of the molecule is O=C(CC1CC2CCC(C1)N2)N1CCN(Cc2cccs2)CC1. The number of carbonyl (C=O) groups is 1. The number of thiophene rings is 1. The van der Waals surface area contributed by atoms with Crippen LogP contribution in [0.25, 0.3) is 0 Å². The van der Waals surface area contributed by atoms with Crippen molar-refractivity contribution in [3.63, 3.8) is 0 Å². The zero-order chi connectivity index (χ0) is 15.6. The van der Waals surface area contributed by atoms with E-state index in [1.165, 1.54) is 30.6 Å². The number of amides is 1. The van der Waals surface area contributed by atoms with Crippen LogP contribution in [0.2, 0.25) is 0 Å². The van der Waals surface area contributed by atoms with E-state index in [0.29, 0.717) is 23.9 Å². The lowest BCUT2D eigenvalue weighted by molar-refractivity contribution is -0.134. The number of piperazine rings is 1. The molecule has 1 amide bonds. The maximum Gasteiger partial charge on any atom is 0.222 e. The molecule has 1 N–H and O–H groups in total. The minimum Gasteiger partial charge on any atom is -0.340 e. The Hall–Kier alpha value is -0.910. The number of carbonyl (C=O) groups excluding carboxylic acids is 1. The molecule has 2 bridgehead atoms. The topological polar surface area (TPSA) is 35.6 Å². The number of rotatable bonds is 4. The number of nitrogens with zero attached hydrogens (tertiary/aromatic N) is 2. The van der Waals surface area contributed by atoms with E-state index in [-0.39, 0.29) is 0 Å². The molecule has 2 atom stereocenters. The van der Waals surface area contributed by atoms with Gasteiger partial charge in [0.15, 0.2) is 0 Å². The summed E-state index contributed by atoms with van der Waals surface area (Å²) in [6.45, 7) is 4.88. The van der Waals surface area contributed by atoms with E-state index in [1.807, 2.05) is 11.3 Å². The molecule has 3 aliphatic rings.